The number of carbonyl (C=O) groups is 1. The minimum Gasteiger partial charge on any atom is -0.632 e. The molecule has 1 aromatic carbocycles. The predicted octanol–water partition coefficient (Wildman–Crippen LogP) is 3.10. The van der Waals surface area contributed by atoms with Gasteiger partial charge in [0.25, 0.3) is 0 Å². The smallest absolute Gasteiger partial charge is 0.303 e. The van der Waals surface area contributed by atoms with Crippen LogP contribution in [-0.2, 0) is 4.79 Å². The van der Waals surface area contributed by atoms with Crippen LogP contribution in [0, 0.1) is 19.1 Å². The molecule has 1 saturated heterocycles. The molecule has 1 heterocycles. The van der Waals surface area contributed by atoms with Gasteiger partial charge in [0.1, 0.15) is 25.1 Å². The second kappa shape index (κ2) is 11.5. The van der Waals surface area contributed by atoms with Crippen LogP contribution in [0.15, 0.2) is 18.2 Å². The van der Waals surface area contributed by atoms with Crippen molar-refractivity contribution in [3.63, 3.8) is 0 Å². The van der Waals surface area contributed by atoms with E-state index in [1.165, 1.54) is 5.56 Å². The lowest BCUT2D eigenvalue weighted by atomic mass is 10.1. The molecule has 0 spiro atoms. The SMILES string of the molecule is Cc1ccc(OCC(O)CC[N+]2([O-])CNCC2CCCCCCC(=O)O)c(C)c1. The van der Waals surface area contributed by atoms with Gasteiger partial charge in [0.05, 0.1) is 19.2 Å². The molecule has 0 aliphatic carbocycles. The van der Waals surface area contributed by atoms with Gasteiger partial charge in [-0.3, -0.25) is 10.1 Å². The molecule has 0 aromatic heterocycles. The van der Waals surface area contributed by atoms with E-state index >= 15 is 0 Å². The van der Waals surface area contributed by atoms with Crippen molar-refractivity contribution < 1.29 is 24.4 Å². The van der Waals surface area contributed by atoms with Gasteiger partial charge < -0.3 is 24.8 Å². The first-order valence-electron chi connectivity index (χ1n) is 10.7. The van der Waals surface area contributed by atoms with E-state index in [9.17, 15) is 15.1 Å². The quantitative estimate of drug-likeness (QED) is 0.263. The zero-order chi connectivity index (χ0) is 21.3. The van der Waals surface area contributed by atoms with Crippen LogP contribution in [0.2, 0.25) is 0 Å². The van der Waals surface area contributed by atoms with Crippen LogP contribution in [0.4, 0.5) is 0 Å². The Hall–Kier alpha value is -1.67. The van der Waals surface area contributed by atoms with Crippen molar-refractivity contribution in [3.8, 4) is 5.75 Å². The highest BCUT2D eigenvalue weighted by Crippen LogP contribution is 2.23. The van der Waals surface area contributed by atoms with Crippen molar-refractivity contribution in [2.75, 3.05) is 26.4 Å². The number of unbranched alkanes of at least 4 members (excludes halogenated alkanes) is 3. The molecule has 7 nitrogen and oxygen atoms in total. The van der Waals surface area contributed by atoms with Gasteiger partial charge in [-0.1, -0.05) is 30.5 Å². The fourth-order valence-electron chi connectivity index (χ4n) is 3.92. The molecule has 1 aliphatic rings. The first kappa shape index (κ1) is 23.6. The van der Waals surface area contributed by atoms with E-state index in [-0.39, 0.29) is 23.7 Å². The summed E-state index contributed by atoms with van der Waals surface area (Å²) in [6.45, 7) is 5.65. The summed E-state index contributed by atoms with van der Waals surface area (Å²) in [4.78, 5) is 10.5. The van der Waals surface area contributed by atoms with Crippen molar-refractivity contribution >= 4 is 5.97 Å². The number of rotatable bonds is 13. The first-order chi connectivity index (χ1) is 13.8. The van der Waals surface area contributed by atoms with Crippen LogP contribution < -0.4 is 10.1 Å². The molecular weight excluding hydrogens is 372 g/mol. The predicted molar refractivity (Wildman–Crippen MR) is 113 cm³/mol. The summed E-state index contributed by atoms with van der Waals surface area (Å²) in [5.41, 5.74) is 2.21. The number of carboxylic acid groups (broad SMARTS) is 1. The normalized spacial score (nSPS) is 22.6. The van der Waals surface area contributed by atoms with Gasteiger partial charge in [-0.15, -0.1) is 0 Å². The van der Waals surface area contributed by atoms with Gasteiger partial charge >= 0.3 is 5.97 Å². The van der Waals surface area contributed by atoms with Gasteiger partial charge in [0, 0.05) is 19.3 Å². The van der Waals surface area contributed by atoms with Crippen LogP contribution in [0.1, 0.15) is 56.1 Å². The molecule has 3 atom stereocenters. The van der Waals surface area contributed by atoms with Crippen molar-refractivity contribution in [1.82, 2.24) is 5.32 Å². The maximum absolute atomic E-state index is 13.2. The minimum absolute atomic E-state index is 0.00179. The molecule has 1 aromatic rings. The molecule has 7 heteroatoms. The highest BCUT2D eigenvalue weighted by molar-refractivity contribution is 5.66. The number of hydrogen-bond acceptors (Lipinski definition) is 5. The molecule has 0 amide bonds. The third kappa shape index (κ3) is 7.93. The van der Waals surface area contributed by atoms with E-state index in [1.807, 2.05) is 32.0 Å². The Bertz CT molecular complexity index is 654. The number of nitrogens with zero attached hydrogens (tertiary/aromatic N) is 1. The summed E-state index contributed by atoms with van der Waals surface area (Å²) in [5.74, 6) is 0.0181. The van der Waals surface area contributed by atoms with Crippen molar-refractivity contribution in [2.45, 2.75) is 70.9 Å². The lowest BCUT2D eigenvalue weighted by Crippen LogP contribution is -2.49. The average molecular weight is 409 g/mol. The van der Waals surface area contributed by atoms with Crippen LogP contribution in [0.5, 0.6) is 5.75 Å². The van der Waals surface area contributed by atoms with Crippen LogP contribution in [-0.4, -0.2) is 59.3 Å². The Labute approximate surface area is 173 Å². The third-order valence-electron chi connectivity index (χ3n) is 5.71. The minimum atomic E-state index is -0.750. The first-order valence-corrected chi connectivity index (χ1v) is 10.7. The lowest BCUT2D eigenvalue weighted by Gasteiger charge is -2.43. The van der Waals surface area contributed by atoms with Crippen LogP contribution in [0.3, 0.4) is 0 Å². The third-order valence-corrected chi connectivity index (χ3v) is 5.71. The van der Waals surface area contributed by atoms with E-state index in [4.69, 9.17) is 9.84 Å². The van der Waals surface area contributed by atoms with Crippen molar-refractivity contribution in [3.05, 3.63) is 34.5 Å². The molecule has 1 aliphatic heterocycles. The molecule has 0 bridgehead atoms. The van der Waals surface area contributed by atoms with E-state index in [2.05, 4.69) is 5.32 Å². The molecule has 1 fully saturated rings. The van der Waals surface area contributed by atoms with E-state index in [1.54, 1.807) is 0 Å². The number of carboxylic acids is 1. The Morgan fingerprint density at radius 2 is 2.07 bits per heavy atom. The average Bonchev–Trinajstić information content (AvgIpc) is 3.03. The number of benzene rings is 1. The zero-order valence-electron chi connectivity index (χ0n) is 17.7. The highest BCUT2D eigenvalue weighted by atomic mass is 16.6. The van der Waals surface area contributed by atoms with Gasteiger partial charge in [-0.25, -0.2) is 0 Å². The molecule has 164 valence electrons. The largest absolute Gasteiger partial charge is 0.632 e. The Morgan fingerprint density at radius 3 is 2.79 bits per heavy atom. The number of aliphatic hydroxyl groups is 1. The summed E-state index contributed by atoms with van der Waals surface area (Å²) >= 11 is 0. The van der Waals surface area contributed by atoms with Gasteiger partial charge in [-0.05, 0) is 38.3 Å². The molecule has 0 radical (unpaired) electrons. The van der Waals surface area contributed by atoms with E-state index < -0.39 is 12.1 Å². The lowest BCUT2D eigenvalue weighted by molar-refractivity contribution is -0.893. The molecule has 3 unspecified atom stereocenters. The monoisotopic (exact) mass is 408 g/mol. The summed E-state index contributed by atoms with van der Waals surface area (Å²) in [7, 11) is 0. The second-order valence-corrected chi connectivity index (χ2v) is 8.31. The Kier molecular flexibility index (Phi) is 9.36. The van der Waals surface area contributed by atoms with E-state index in [0.717, 1.165) is 37.0 Å². The van der Waals surface area contributed by atoms with Gasteiger partial charge in [0.2, 0.25) is 0 Å². The van der Waals surface area contributed by atoms with Gasteiger partial charge in [-0.2, -0.15) is 0 Å². The summed E-state index contributed by atoms with van der Waals surface area (Å²) in [6, 6.07) is 5.94. The molecule has 2 rings (SSSR count). The number of quaternary nitrogens is 1. The number of nitrogens with one attached hydrogen (secondary N) is 1. The number of aliphatic hydroxyl groups excluding tert-OH is 1. The summed E-state index contributed by atoms with van der Waals surface area (Å²) < 4.78 is 5.42. The highest BCUT2D eigenvalue weighted by Gasteiger charge is 2.34. The van der Waals surface area contributed by atoms with E-state index in [0.29, 0.717) is 32.6 Å². The number of aliphatic carboxylic acids is 1. The van der Waals surface area contributed by atoms with Crippen molar-refractivity contribution in [2.24, 2.45) is 0 Å². The molecular formula is C22H36N2O5. The second-order valence-electron chi connectivity index (χ2n) is 8.31. The number of hydroxylamine groups is 3. The van der Waals surface area contributed by atoms with Crippen LogP contribution >= 0.6 is 0 Å². The maximum atomic E-state index is 13.2. The maximum Gasteiger partial charge on any atom is 0.303 e. The van der Waals surface area contributed by atoms with Crippen molar-refractivity contribution in [1.29, 1.82) is 0 Å². The summed E-state index contributed by atoms with van der Waals surface area (Å²) in [5, 5.41) is 35.3. The summed E-state index contributed by atoms with van der Waals surface area (Å²) in [6.07, 6.45) is 4.26. The molecule has 0 saturated carbocycles. The Balaban J connectivity index is 1.69. The number of hydrogen-bond donors (Lipinski definition) is 3. The Morgan fingerprint density at radius 1 is 1.31 bits per heavy atom. The fourth-order valence-corrected chi connectivity index (χ4v) is 3.92. The fraction of sp³-hybridized carbons (Fsp3) is 0.682. The molecule has 29 heavy (non-hydrogen) atoms. The zero-order valence-corrected chi connectivity index (χ0v) is 17.7. The molecule has 3 N–H and O–H groups in total. The van der Waals surface area contributed by atoms with Gasteiger partial charge in [0.15, 0.2) is 0 Å². The standard InChI is InChI=1S/C22H36N2O5/c1-17-9-10-21(18(2)13-17)29-15-20(25)11-12-24(28)16-23-14-19(24)7-5-3-4-6-8-22(26)27/h9-10,13,19-20,23,25H,3-8,11-12,14-16H2,1-2H3,(H,26,27). The van der Waals surface area contributed by atoms with Crippen LogP contribution in [0.25, 0.3) is 0 Å². The number of aryl methyl sites for hydroxylation is 2. The number of ether oxygens (including phenoxy) is 1. The topological polar surface area (TPSA) is 102 Å².